The molecule has 0 aliphatic heterocycles. The third kappa shape index (κ3) is 3.57. The van der Waals surface area contributed by atoms with Gasteiger partial charge in [-0.15, -0.1) is 0 Å². The number of anilines is 5. The number of sulfonamides is 1. The third-order valence-electron chi connectivity index (χ3n) is 3.90. The van der Waals surface area contributed by atoms with Gasteiger partial charge < -0.3 is 21.3 Å². The Bertz CT molecular complexity index is 1040. The van der Waals surface area contributed by atoms with Gasteiger partial charge in [0.2, 0.25) is 5.88 Å². The summed E-state index contributed by atoms with van der Waals surface area (Å²) in [6.45, 7) is 3.47. The Hall–Kier alpha value is -3.20. The van der Waals surface area contributed by atoms with Crippen LogP contribution >= 0.6 is 0 Å². The molecular formula is C17H19N5O3S. The molecule has 0 saturated heterocycles. The highest BCUT2D eigenvalue weighted by Crippen LogP contribution is 2.26. The number of rotatable bonds is 5. The van der Waals surface area contributed by atoms with Crippen LogP contribution in [0.2, 0.25) is 0 Å². The van der Waals surface area contributed by atoms with Gasteiger partial charge >= 0.3 is 0 Å². The molecule has 136 valence electrons. The molecule has 0 aliphatic rings. The Morgan fingerprint density at radius 2 is 1.73 bits per heavy atom. The summed E-state index contributed by atoms with van der Waals surface area (Å²) in [7, 11) is -3.78. The van der Waals surface area contributed by atoms with E-state index in [2.05, 4.69) is 15.2 Å². The van der Waals surface area contributed by atoms with E-state index < -0.39 is 10.0 Å². The van der Waals surface area contributed by atoms with E-state index >= 15 is 0 Å². The summed E-state index contributed by atoms with van der Waals surface area (Å²) in [4.78, 5) is 0.0989. The normalized spacial score (nSPS) is 11.3. The maximum atomic E-state index is 12.5. The quantitative estimate of drug-likeness (QED) is 0.505. The van der Waals surface area contributed by atoms with Gasteiger partial charge in [-0.1, -0.05) is 5.16 Å². The van der Waals surface area contributed by atoms with E-state index in [0.29, 0.717) is 34.0 Å². The van der Waals surface area contributed by atoms with Crippen molar-refractivity contribution in [1.82, 2.24) is 5.16 Å². The van der Waals surface area contributed by atoms with E-state index in [9.17, 15) is 8.42 Å². The van der Waals surface area contributed by atoms with E-state index in [1.165, 1.54) is 12.1 Å². The first-order chi connectivity index (χ1) is 12.3. The summed E-state index contributed by atoms with van der Waals surface area (Å²) in [5.74, 6) is 0.111. The van der Waals surface area contributed by atoms with Crippen LogP contribution < -0.4 is 21.5 Å². The Morgan fingerprint density at radius 3 is 2.31 bits per heavy atom. The largest absolute Gasteiger partial charge is 0.399 e. The van der Waals surface area contributed by atoms with Crippen molar-refractivity contribution >= 4 is 38.7 Å². The van der Waals surface area contributed by atoms with Crippen molar-refractivity contribution in [3.63, 3.8) is 0 Å². The zero-order chi connectivity index (χ0) is 18.9. The zero-order valence-electron chi connectivity index (χ0n) is 14.3. The molecule has 26 heavy (non-hydrogen) atoms. The lowest BCUT2D eigenvalue weighted by Gasteiger charge is -2.11. The summed E-state index contributed by atoms with van der Waals surface area (Å²) < 4.78 is 32.3. The lowest BCUT2D eigenvalue weighted by Crippen LogP contribution is -2.13. The fourth-order valence-electron chi connectivity index (χ4n) is 2.26. The molecule has 0 bridgehead atoms. The highest BCUT2D eigenvalue weighted by molar-refractivity contribution is 7.92. The molecule has 0 amide bonds. The van der Waals surface area contributed by atoms with E-state index in [4.69, 9.17) is 16.0 Å². The fourth-order valence-corrected chi connectivity index (χ4v) is 3.31. The molecule has 0 fully saturated rings. The molecule has 1 heterocycles. The van der Waals surface area contributed by atoms with Crippen LogP contribution in [0.4, 0.5) is 28.6 Å². The van der Waals surface area contributed by atoms with Crippen molar-refractivity contribution in [1.29, 1.82) is 0 Å². The molecule has 0 spiro atoms. The van der Waals surface area contributed by atoms with Crippen molar-refractivity contribution in [2.75, 3.05) is 21.5 Å². The van der Waals surface area contributed by atoms with Crippen LogP contribution in [0.1, 0.15) is 11.3 Å². The Morgan fingerprint density at radius 1 is 1.04 bits per heavy atom. The average molecular weight is 373 g/mol. The standard InChI is InChI=1S/C17H19N5O3S/c1-10-11(2)21-25-17(10)22-26(23,24)14-6-4-13(5-7-14)20-16-8-3-12(18)9-15(16)19/h3-9,20,22H,18-19H2,1-2H3. The topological polar surface area (TPSA) is 136 Å². The molecule has 0 saturated carbocycles. The van der Waals surface area contributed by atoms with Crippen molar-refractivity contribution < 1.29 is 12.9 Å². The molecule has 0 radical (unpaired) electrons. The van der Waals surface area contributed by atoms with Gasteiger partial charge in [-0.25, -0.2) is 13.1 Å². The SMILES string of the molecule is Cc1noc(NS(=O)(=O)c2ccc(Nc3ccc(N)cc3N)cc2)c1C. The molecule has 2 aromatic carbocycles. The second-order valence-corrected chi connectivity index (χ2v) is 7.51. The number of benzene rings is 2. The minimum atomic E-state index is -3.78. The lowest BCUT2D eigenvalue weighted by molar-refractivity contribution is 0.430. The van der Waals surface area contributed by atoms with E-state index in [-0.39, 0.29) is 10.8 Å². The predicted octanol–water partition coefficient (Wildman–Crippen LogP) is 3.00. The van der Waals surface area contributed by atoms with Crippen LogP contribution in [-0.2, 0) is 10.0 Å². The first kappa shape index (κ1) is 17.6. The first-order valence-electron chi connectivity index (χ1n) is 7.74. The minimum absolute atomic E-state index is 0.0989. The Balaban J connectivity index is 1.79. The second-order valence-electron chi connectivity index (χ2n) is 5.82. The number of nitrogens with two attached hydrogens (primary N) is 2. The van der Waals surface area contributed by atoms with Gasteiger partial charge in [0.1, 0.15) is 0 Å². The van der Waals surface area contributed by atoms with Gasteiger partial charge in [-0.2, -0.15) is 0 Å². The van der Waals surface area contributed by atoms with E-state index in [0.717, 1.165) is 0 Å². The Kier molecular flexibility index (Phi) is 4.47. The van der Waals surface area contributed by atoms with Crippen LogP contribution in [0.5, 0.6) is 0 Å². The van der Waals surface area contributed by atoms with Gasteiger partial charge in [0.05, 0.1) is 22.0 Å². The summed E-state index contributed by atoms with van der Waals surface area (Å²) in [5, 5.41) is 6.85. The molecule has 3 aromatic rings. The first-order valence-corrected chi connectivity index (χ1v) is 9.22. The molecule has 0 aliphatic carbocycles. The van der Waals surface area contributed by atoms with Crippen molar-refractivity contribution in [2.24, 2.45) is 0 Å². The molecule has 1 aromatic heterocycles. The van der Waals surface area contributed by atoms with Crippen LogP contribution in [0.3, 0.4) is 0 Å². The molecule has 9 heteroatoms. The van der Waals surface area contributed by atoms with Gasteiger partial charge in [-0.05, 0) is 56.3 Å². The number of aryl methyl sites for hydroxylation is 1. The monoisotopic (exact) mass is 373 g/mol. The Labute approximate surface area is 151 Å². The maximum absolute atomic E-state index is 12.5. The highest BCUT2D eigenvalue weighted by Gasteiger charge is 2.19. The third-order valence-corrected chi connectivity index (χ3v) is 5.25. The molecule has 6 N–H and O–H groups in total. The van der Waals surface area contributed by atoms with Gasteiger partial charge in [-0.3, -0.25) is 0 Å². The zero-order valence-corrected chi connectivity index (χ0v) is 15.1. The van der Waals surface area contributed by atoms with Gasteiger partial charge in [0.25, 0.3) is 10.0 Å². The van der Waals surface area contributed by atoms with Crippen LogP contribution in [0, 0.1) is 13.8 Å². The molecule has 0 unspecified atom stereocenters. The molecule has 0 atom stereocenters. The van der Waals surface area contributed by atoms with Gasteiger partial charge in [0, 0.05) is 16.9 Å². The number of nitrogens with one attached hydrogen (secondary N) is 2. The highest BCUT2D eigenvalue weighted by atomic mass is 32.2. The number of nitrogens with zero attached hydrogens (tertiary/aromatic N) is 1. The van der Waals surface area contributed by atoms with Crippen LogP contribution in [-0.4, -0.2) is 13.6 Å². The second kappa shape index (κ2) is 6.60. The molecular weight excluding hydrogens is 354 g/mol. The predicted molar refractivity (Wildman–Crippen MR) is 102 cm³/mol. The van der Waals surface area contributed by atoms with E-state index in [1.807, 2.05) is 0 Å². The van der Waals surface area contributed by atoms with E-state index in [1.54, 1.807) is 44.2 Å². The van der Waals surface area contributed by atoms with Crippen LogP contribution in [0.15, 0.2) is 51.9 Å². The smallest absolute Gasteiger partial charge is 0.264 e. The van der Waals surface area contributed by atoms with Crippen molar-refractivity contribution in [2.45, 2.75) is 18.7 Å². The number of hydrogen-bond acceptors (Lipinski definition) is 7. The molecule has 3 rings (SSSR count). The number of hydrogen-bond donors (Lipinski definition) is 4. The summed E-state index contributed by atoms with van der Waals surface area (Å²) in [5.41, 5.74) is 15.3. The summed E-state index contributed by atoms with van der Waals surface area (Å²) in [6, 6.07) is 11.4. The lowest BCUT2D eigenvalue weighted by atomic mass is 10.2. The minimum Gasteiger partial charge on any atom is -0.399 e. The maximum Gasteiger partial charge on any atom is 0.264 e. The van der Waals surface area contributed by atoms with Crippen molar-refractivity contribution in [3.8, 4) is 0 Å². The molecule has 8 nitrogen and oxygen atoms in total. The summed E-state index contributed by atoms with van der Waals surface area (Å²) in [6.07, 6.45) is 0. The number of aromatic nitrogens is 1. The van der Waals surface area contributed by atoms with Gasteiger partial charge in [0.15, 0.2) is 0 Å². The summed E-state index contributed by atoms with van der Waals surface area (Å²) >= 11 is 0. The number of nitrogen functional groups attached to an aromatic ring is 2. The average Bonchev–Trinajstić information content (AvgIpc) is 2.89. The van der Waals surface area contributed by atoms with Crippen LogP contribution in [0.25, 0.3) is 0 Å². The van der Waals surface area contributed by atoms with Crippen molar-refractivity contribution in [3.05, 3.63) is 53.7 Å². The fraction of sp³-hybridized carbons (Fsp3) is 0.118.